The number of carbonyl (C=O) groups excluding carboxylic acids is 2. The van der Waals surface area contributed by atoms with E-state index in [4.69, 9.17) is 5.73 Å². The Bertz CT molecular complexity index is 821. The highest BCUT2D eigenvalue weighted by molar-refractivity contribution is 8.14. The van der Waals surface area contributed by atoms with E-state index in [0.717, 1.165) is 17.3 Å². The summed E-state index contributed by atoms with van der Waals surface area (Å²) in [7, 11) is 0. The Hall–Kier alpha value is -2.93. The molecule has 0 unspecified atom stereocenters. The Balaban J connectivity index is 1.65. The van der Waals surface area contributed by atoms with Crippen LogP contribution in [0.15, 0.2) is 70.9 Å². The topological polar surface area (TPSA) is 88.1 Å². The van der Waals surface area contributed by atoms with Crippen LogP contribution in [0.1, 0.15) is 12.0 Å². The summed E-state index contributed by atoms with van der Waals surface area (Å²) in [5, 5.41) is 7.36. The van der Waals surface area contributed by atoms with Crippen molar-refractivity contribution in [2.45, 2.75) is 11.7 Å². The number of rotatable bonds is 4. The lowest BCUT2D eigenvalue weighted by Crippen LogP contribution is -2.31. The van der Waals surface area contributed by atoms with E-state index in [1.54, 1.807) is 30.5 Å². The number of thioether (sulfide) groups is 1. The van der Waals surface area contributed by atoms with Crippen LogP contribution in [0.3, 0.4) is 0 Å². The third-order valence-corrected chi connectivity index (χ3v) is 4.52. The first kappa shape index (κ1) is 16.9. The fourth-order valence-corrected chi connectivity index (χ4v) is 3.22. The molecule has 6 nitrogen and oxygen atoms in total. The summed E-state index contributed by atoms with van der Waals surface area (Å²) < 4.78 is 0. The fourth-order valence-electron chi connectivity index (χ4n) is 2.41. The van der Waals surface area contributed by atoms with Gasteiger partial charge in [0, 0.05) is 6.42 Å². The Morgan fingerprint density at radius 3 is 2.40 bits per heavy atom. The maximum absolute atomic E-state index is 12.5. The molecule has 0 aliphatic carbocycles. The first-order valence-electron chi connectivity index (χ1n) is 7.65. The molecular formula is C18H16N4O2S. The average Bonchev–Trinajstić information content (AvgIpc) is 2.90. The highest BCUT2D eigenvalue weighted by Gasteiger charge is 2.40. The maximum Gasteiger partial charge on any atom is 0.247 e. The van der Waals surface area contributed by atoms with E-state index in [9.17, 15) is 9.59 Å². The average molecular weight is 352 g/mol. The van der Waals surface area contributed by atoms with Crippen LogP contribution in [-0.4, -0.2) is 28.4 Å². The SMILES string of the molecule is NC(=N/N=C\c1ccccc1)S[C@@H]1CC(=O)N(c2ccccc2)C1=O. The minimum atomic E-state index is -0.580. The summed E-state index contributed by atoms with van der Waals surface area (Å²) in [5.41, 5.74) is 7.29. The van der Waals surface area contributed by atoms with Crippen molar-refractivity contribution in [3.63, 3.8) is 0 Å². The normalized spacial score (nSPS) is 18.3. The van der Waals surface area contributed by atoms with Gasteiger partial charge in [0.1, 0.15) is 5.25 Å². The van der Waals surface area contributed by atoms with Crippen molar-refractivity contribution in [1.82, 2.24) is 0 Å². The van der Waals surface area contributed by atoms with Gasteiger partial charge in [0.15, 0.2) is 5.17 Å². The zero-order valence-electron chi connectivity index (χ0n) is 13.3. The molecule has 0 aromatic heterocycles. The van der Waals surface area contributed by atoms with Crippen molar-refractivity contribution in [3.8, 4) is 0 Å². The summed E-state index contributed by atoms with van der Waals surface area (Å²) in [5.74, 6) is -0.527. The van der Waals surface area contributed by atoms with E-state index in [1.165, 1.54) is 4.90 Å². The third kappa shape index (κ3) is 4.13. The zero-order chi connectivity index (χ0) is 17.6. The maximum atomic E-state index is 12.5. The molecule has 1 aliphatic heterocycles. The molecule has 25 heavy (non-hydrogen) atoms. The molecule has 0 saturated carbocycles. The number of amides is 2. The van der Waals surface area contributed by atoms with Crippen molar-refractivity contribution >= 4 is 40.6 Å². The largest absolute Gasteiger partial charge is 0.377 e. The first-order valence-corrected chi connectivity index (χ1v) is 8.53. The van der Waals surface area contributed by atoms with Gasteiger partial charge in [-0.2, -0.15) is 5.10 Å². The van der Waals surface area contributed by atoms with Crippen molar-refractivity contribution in [1.29, 1.82) is 0 Å². The molecule has 2 aromatic carbocycles. The molecule has 0 spiro atoms. The zero-order valence-corrected chi connectivity index (χ0v) is 14.1. The van der Waals surface area contributed by atoms with E-state index in [-0.39, 0.29) is 23.4 Å². The van der Waals surface area contributed by atoms with Gasteiger partial charge in [-0.1, -0.05) is 60.3 Å². The molecule has 2 aromatic rings. The second-order valence-corrected chi connectivity index (χ2v) is 6.53. The minimum absolute atomic E-state index is 0.0943. The highest BCUT2D eigenvalue weighted by Crippen LogP contribution is 2.29. The number of imide groups is 1. The van der Waals surface area contributed by atoms with Gasteiger partial charge in [0.05, 0.1) is 11.9 Å². The second kappa shape index (κ2) is 7.76. The molecular weight excluding hydrogens is 336 g/mol. The van der Waals surface area contributed by atoms with E-state index in [2.05, 4.69) is 10.2 Å². The van der Waals surface area contributed by atoms with E-state index < -0.39 is 5.25 Å². The molecule has 126 valence electrons. The number of nitrogens with zero attached hydrogens (tertiary/aromatic N) is 3. The molecule has 0 bridgehead atoms. The van der Waals surface area contributed by atoms with Crippen LogP contribution >= 0.6 is 11.8 Å². The van der Waals surface area contributed by atoms with Crippen LogP contribution in [0, 0.1) is 0 Å². The van der Waals surface area contributed by atoms with Gasteiger partial charge in [-0.3, -0.25) is 9.59 Å². The molecule has 1 aliphatic rings. The van der Waals surface area contributed by atoms with Gasteiger partial charge < -0.3 is 5.73 Å². The van der Waals surface area contributed by atoms with Gasteiger partial charge in [-0.25, -0.2) is 4.90 Å². The molecule has 2 amide bonds. The summed E-state index contributed by atoms with van der Waals surface area (Å²) >= 11 is 1.05. The number of hydrogen-bond donors (Lipinski definition) is 1. The van der Waals surface area contributed by atoms with E-state index in [0.29, 0.717) is 5.69 Å². The summed E-state index contributed by atoms with van der Waals surface area (Å²) in [6.45, 7) is 0. The van der Waals surface area contributed by atoms with Crippen molar-refractivity contribution in [2.75, 3.05) is 4.90 Å². The lowest BCUT2D eigenvalue weighted by molar-refractivity contribution is -0.121. The number of carbonyl (C=O) groups is 2. The predicted molar refractivity (Wildman–Crippen MR) is 101 cm³/mol. The summed E-state index contributed by atoms with van der Waals surface area (Å²) in [6.07, 6.45) is 1.67. The van der Waals surface area contributed by atoms with Crippen LogP contribution in [-0.2, 0) is 9.59 Å². The minimum Gasteiger partial charge on any atom is -0.377 e. The Labute approximate surface area is 149 Å². The molecule has 0 radical (unpaired) electrons. The van der Waals surface area contributed by atoms with Crippen LogP contribution in [0.25, 0.3) is 0 Å². The Morgan fingerprint density at radius 1 is 1.08 bits per heavy atom. The van der Waals surface area contributed by atoms with Crippen molar-refractivity contribution in [3.05, 3.63) is 66.2 Å². The van der Waals surface area contributed by atoms with Gasteiger partial charge in [0.2, 0.25) is 11.8 Å². The monoisotopic (exact) mass is 352 g/mol. The molecule has 1 saturated heterocycles. The van der Waals surface area contributed by atoms with Gasteiger partial charge in [-0.05, 0) is 17.7 Å². The summed E-state index contributed by atoms with van der Waals surface area (Å²) in [6, 6.07) is 18.3. The fraction of sp³-hybridized carbons (Fsp3) is 0.111. The molecule has 1 fully saturated rings. The standard InChI is InChI=1S/C18H16N4O2S/c19-18(21-20-12-13-7-3-1-4-8-13)25-15-11-16(23)22(17(15)24)14-9-5-2-6-10-14/h1-10,12,15H,11H2,(H2,19,21)/b20-12-/t15-/m1/s1. The van der Waals surface area contributed by atoms with Crippen molar-refractivity contribution < 1.29 is 9.59 Å². The second-order valence-electron chi connectivity index (χ2n) is 5.31. The van der Waals surface area contributed by atoms with Crippen molar-refractivity contribution in [2.24, 2.45) is 15.9 Å². The molecule has 1 heterocycles. The number of benzene rings is 2. The van der Waals surface area contributed by atoms with Crippen LogP contribution in [0.2, 0.25) is 0 Å². The van der Waals surface area contributed by atoms with Gasteiger partial charge in [-0.15, -0.1) is 5.10 Å². The predicted octanol–water partition coefficient (Wildman–Crippen LogP) is 2.40. The van der Waals surface area contributed by atoms with E-state index in [1.807, 2.05) is 36.4 Å². The molecule has 3 rings (SSSR count). The van der Waals surface area contributed by atoms with E-state index >= 15 is 0 Å². The quantitative estimate of drug-likeness (QED) is 0.396. The number of amidine groups is 1. The van der Waals surface area contributed by atoms with Crippen LogP contribution in [0.4, 0.5) is 5.69 Å². The van der Waals surface area contributed by atoms with Crippen LogP contribution in [0.5, 0.6) is 0 Å². The number of hydrogen-bond acceptors (Lipinski definition) is 5. The lowest BCUT2D eigenvalue weighted by atomic mass is 10.2. The third-order valence-electron chi connectivity index (χ3n) is 3.55. The Kier molecular flexibility index (Phi) is 5.25. The first-order chi connectivity index (χ1) is 12.1. The Morgan fingerprint density at radius 2 is 1.72 bits per heavy atom. The molecule has 1 atom stereocenters. The van der Waals surface area contributed by atoms with Gasteiger partial charge in [0.25, 0.3) is 0 Å². The highest BCUT2D eigenvalue weighted by atomic mass is 32.2. The lowest BCUT2D eigenvalue weighted by Gasteiger charge is -2.14. The molecule has 2 N–H and O–H groups in total. The number of anilines is 1. The van der Waals surface area contributed by atoms with Crippen LogP contribution < -0.4 is 10.6 Å². The molecule has 7 heteroatoms. The smallest absolute Gasteiger partial charge is 0.247 e. The van der Waals surface area contributed by atoms with Gasteiger partial charge >= 0.3 is 0 Å². The number of para-hydroxylation sites is 1. The number of nitrogens with two attached hydrogens (primary N) is 1. The summed E-state index contributed by atoms with van der Waals surface area (Å²) in [4.78, 5) is 25.8.